The average molecular weight is 560 g/mol. The van der Waals surface area contributed by atoms with Crippen molar-refractivity contribution in [2.24, 2.45) is 0 Å². The van der Waals surface area contributed by atoms with Crippen LogP contribution in [0.2, 0.25) is 0 Å². The molecule has 0 aliphatic carbocycles. The van der Waals surface area contributed by atoms with E-state index in [1.807, 2.05) is 12.1 Å². The third-order valence-corrected chi connectivity index (χ3v) is 9.69. The summed E-state index contributed by atoms with van der Waals surface area (Å²) in [5.41, 5.74) is 3.44. The van der Waals surface area contributed by atoms with E-state index in [9.17, 15) is 13.0 Å². The molecule has 1 aliphatic rings. The van der Waals surface area contributed by atoms with Gasteiger partial charge in [-0.3, -0.25) is 4.55 Å². The van der Waals surface area contributed by atoms with Gasteiger partial charge in [-0.25, -0.2) is 0 Å². The quantitative estimate of drug-likeness (QED) is 0.159. The number of nitrogens with one attached hydrogen (secondary N) is 1. The van der Waals surface area contributed by atoms with Gasteiger partial charge in [0.15, 0.2) is 6.54 Å². The first-order chi connectivity index (χ1) is 18.4. The van der Waals surface area contributed by atoms with E-state index in [0.29, 0.717) is 13.0 Å². The highest BCUT2D eigenvalue weighted by molar-refractivity contribution is 8.03. The van der Waals surface area contributed by atoms with Crippen LogP contribution in [0.3, 0.4) is 0 Å². The normalized spacial score (nSPS) is 15.0. The van der Waals surface area contributed by atoms with Gasteiger partial charge in [0.05, 0.1) is 21.9 Å². The Morgan fingerprint density at radius 2 is 1.68 bits per heavy atom. The summed E-state index contributed by atoms with van der Waals surface area (Å²) in [6, 6.07) is 25.3. The largest absolute Gasteiger partial charge is 0.349 e. The lowest BCUT2D eigenvalue weighted by molar-refractivity contribution is -0.667. The van der Waals surface area contributed by atoms with Gasteiger partial charge in [0.1, 0.15) is 4.70 Å². The number of aromatic nitrogens is 1. The predicted octanol–water partition coefficient (Wildman–Crippen LogP) is 7.63. The molecule has 0 saturated carbocycles. The summed E-state index contributed by atoms with van der Waals surface area (Å²) in [5.74, 6) is -0.261. The van der Waals surface area contributed by atoms with Crippen molar-refractivity contribution in [3.8, 4) is 0 Å². The highest BCUT2D eigenvalue weighted by atomic mass is 32.2. The molecule has 0 saturated heterocycles. The molecule has 0 radical (unpaired) electrons. The first-order valence-corrected chi connectivity index (χ1v) is 15.8. The molecule has 2 N–H and O–H groups in total. The van der Waals surface area contributed by atoms with Gasteiger partial charge in [0.25, 0.3) is 15.1 Å². The van der Waals surface area contributed by atoms with Crippen LogP contribution in [0.4, 0.5) is 5.69 Å². The van der Waals surface area contributed by atoms with Crippen molar-refractivity contribution >= 4 is 76.7 Å². The number of hydrogen-bond acceptors (Lipinski definition) is 5. The van der Waals surface area contributed by atoms with Gasteiger partial charge in [-0.15, -0.1) is 0 Å². The first kappa shape index (κ1) is 25.1. The molecule has 8 heteroatoms. The van der Waals surface area contributed by atoms with Crippen LogP contribution in [-0.4, -0.2) is 18.7 Å². The smallest absolute Gasteiger partial charge is 0.265 e. The van der Waals surface area contributed by atoms with Crippen molar-refractivity contribution in [1.82, 2.24) is 0 Å². The molecular formula is C30H27N2O3S3+. The Balaban J connectivity index is 1.41. The molecular weight excluding hydrogens is 533 g/mol. The summed E-state index contributed by atoms with van der Waals surface area (Å²) >= 11 is 3.45. The van der Waals surface area contributed by atoms with Crippen LogP contribution < -0.4 is 9.88 Å². The Morgan fingerprint density at radius 1 is 0.974 bits per heavy atom. The molecule has 0 bridgehead atoms. The summed E-state index contributed by atoms with van der Waals surface area (Å²) in [6.07, 6.45) is 5.61. The fourth-order valence-electron chi connectivity index (χ4n) is 4.98. The van der Waals surface area contributed by atoms with E-state index in [2.05, 4.69) is 89.6 Å². The molecule has 0 atom stereocenters. The van der Waals surface area contributed by atoms with E-state index in [4.69, 9.17) is 0 Å². The zero-order valence-electron chi connectivity index (χ0n) is 20.8. The summed E-state index contributed by atoms with van der Waals surface area (Å²) < 4.78 is 35.5. The molecule has 0 amide bonds. The maximum atomic E-state index is 11.4. The minimum absolute atomic E-state index is 0.261. The van der Waals surface area contributed by atoms with Crippen molar-refractivity contribution in [3.63, 3.8) is 0 Å². The van der Waals surface area contributed by atoms with Gasteiger partial charge in [0.2, 0.25) is 5.52 Å². The van der Waals surface area contributed by atoms with Crippen LogP contribution in [0.15, 0.2) is 94.4 Å². The number of nitrogens with zero attached hydrogens (tertiary/aromatic N) is 1. The van der Waals surface area contributed by atoms with E-state index < -0.39 is 10.1 Å². The monoisotopic (exact) mass is 559 g/mol. The fourth-order valence-corrected chi connectivity index (χ4v) is 7.65. The topological polar surface area (TPSA) is 70.3 Å². The standard InChI is InChI=1S/C30H26N2O3S3/c1-2-20(18-27-31-29-23-10-5-3-8-21(23)12-14-25(29)36-27)19-28-32(16-7-17-38(33,34)35)30-24-11-6-4-9-22(24)13-15-26(30)37-28/h3-6,8-15,18-19H,2,7,16-17H2,1H3,(H,33,34,35)/p+1. The molecule has 2 heterocycles. The van der Waals surface area contributed by atoms with Crippen LogP contribution >= 0.6 is 23.1 Å². The molecule has 0 spiro atoms. The number of thiazole rings is 1. The average Bonchev–Trinajstić information content (AvgIpc) is 3.48. The first-order valence-electron chi connectivity index (χ1n) is 12.6. The summed E-state index contributed by atoms with van der Waals surface area (Å²) in [5, 5.41) is 10.5. The molecule has 4 aromatic carbocycles. The van der Waals surface area contributed by atoms with Crippen molar-refractivity contribution in [2.45, 2.75) is 31.2 Å². The Morgan fingerprint density at radius 3 is 2.45 bits per heavy atom. The molecule has 0 fully saturated rings. The summed E-state index contributed by atoms with van der Waals surface area (Å²) in [4.78, 5) is 1.22. The minimum atomic E-state index is -4.02. The number of fused-ring (bicyclic) bond motifs is 6. The van der Waals surface area contributed by atoms with E-state index in [0.717, 1.165) is 43.1 Å². The van der Waals surface area contributed by atoms with Crippen LogP contribution in [-0.2, 0) is 16.7 Å². The minimum Gasteiger partial charge on any atom is -0.349 e. The number of aryl methyl sites for hydroxylation is 1. The molecule has 1 aromatic heterocycles. The van der Waals surface area contributed by atoms with E-state index in [1.54, 1.807) is 23.1 Å². The van der Waals surface area contributed by atoms with E-state index >= 15 is 0 Å². The van der Waals surface area contributed by atoms with Gasteiger partial charge in [-0.1, -0.05) is 84.6 Å². The highest BCUT2D eigenvalue weighted by Crippen LogP contribution is 2.45. The molecule has 5 aromatic rings. The SMILES string of the molecule is CCC(/C=C1/Nc2c(ccc3ccccc23)S1)=C\c1sc2ccc3ccccc3c2[n+]1CCCS(=O)(=O)O. The predicted molar refractivity (Wildman–Crippen MR) is 160 cm³/mol. The van der Waals surface area contributed by atoms with E-state index in [1.165, 1.54) is 21.2 Å². The second-order valence-electron chi connectivity index (χ2n) is 9.33. The zero-order chi connectivity index (χ0) is 26.3. The van der Waals surface area contributed by atoms with Crippen molar-refractivity contribution in [1.29, 1.82) is 0 Å². The van der Waals surface area contributed by atoms with Crippen molar-refractivity contribution in [3.05, 3.63) is 94.5 Å². The molecule has 5 nitrogen and oxygen atoms in total. The van der Waals surface area contributed by atoms with Crippen molar-refractivity contribution < 1.29 is 17.5 Å². The van der Waals surface area contributed by atoms with Gasteiger partial charge >= 0.3 is 0 Å². The van der Waals surface area contributed by atoms with Crippen molar-refractivity contribution in [2.75, 3.05) is 11.1 Å². The Hall–Kier alpha value is -3.17. The number of allylic oxidation sites excluding steroid dienone is 2. The van der Waals surface area contributed by atoms with Gasteiger partial charge < -0.3 is 5.32 Å². The molecule has 1 aliphatic heterocycles. The molecule has 38 heavy (non-hydrogen) atoms. The van der Waals surface area contributed by atoms with Crippen LogP contribution in [0.1, 0.15) is 24.8 Å². The molecule has 192 valence electrons. The number of anilines is 1. The summed E-state index contributed by atoms with van der Waals surface area (Å²) in [7, 11) is -4.02. The summed E-state index contributed by atoms with van der Waals surface area (Å²) in [6.45, 7) is 2.65. The second-order valence-corrected chi connectivity index (χ2v) is 13.1. The lowest BCUT2D eigenvalue weighted by Crippen LogP contribution is -2.36. The highest BCUT2D eigenvalue weighted by Gasteiger charge is 2.23. The number of hydrogen-bond donors (Lipinski definition) is 2. The second kappa shape index (κ2) is 10.2. The van der Waals surface area contributed by atoms with Gasteiger partial charge in [0, 0.05) is 22.8 Å². The third-order valence-electron chi connectivity index (χ3n) is 6.79. The van der Waals surface area contributed by atoms with Gasteiger partial charge in [-0.05, 0) is 47.0 Å². The number of thioether (sulfide) groups is 1. The van der Waals surface area contributed by atoms with Crippen LogP contribution in [0.25, 0.3) is 37.8 Å². The van der Waals surface area contributed by atoms with Gasteiger partial charge in [-0.2, -0.15) is 13.0 Å². The Kier molecular flexibility index (Phi) is 6.74. The molecule has 0 unspecified atom stereocenters. The van der Waals surface area contributed by atoms with Crippen LogP contribution in [0, 0.1) is 0 Å². The number of benzene rings is 4. The maximum absolute atomic E-state index is 11.4. The Bertz CT molecular complexity index is 1870. The third kappa shape index (κ3) is 4.97. The Labute approximate surface area is 230 Å². The zero-order valence-corrected chi connectivity index (χ0v) is 23.3. The number of rotatable bonds is 7. The maximum Gasteiger partial charge on any atom is 0.265 e. The lowest BCUT2D eigenvalue weighted by Gasteiger charge is -2.05. The van der Waals surface area contributed by atoms with E-state index in [-0.39, 0.29) is 5.75 Å². The lowest BCUT2D eigenvalue weighted by atomic mass is 10.1. The van der Waals surface area contributed by atoms with Crippen LogP contribution in [0.5, 0.6) is 0 Å². The fraction of sp³-hybridized carbons (Fsp3) is 0.167. The molecule has 6 rings (SSSR count).